The average molecular weight is 318 g/mol. The molecule has 0 amide bonds. The predicted molar refractivity (Wildman–Crippen MR) is 78.5 cm³/mol. The summed E-state index contributed by atoms with van der Waals surface area (Å²) in [7, 11) is 0. The number of alkyl halides is 2. The van der Waals surface area contributed by atoms with E-state index in [0.29, 0.717) is 36.8 Å². The Morgan fingerprint density at radius 3 is 2.76 bits per heavy atom. The molecule has 1 heterocycles. The van der Waals surface area contributed by atoms with Gasteiger partial charge in [-0.05, 0) is 19.8 Å². The van der Waals surface area contributed by atoms with Crippen molar-refractivity contribution in [2.45, 2.75) is 44.6 Å². The molecule has 0 aliphatic heterocycles. The molecule has 116 valence electrons. The Labute approximate surface area is 127 Å². The molecule has 0 spiro atoms. The van der Waals surface area contributed by atoms with Crippen molar-refractivity contribution >= 4 is 23.3 Å². The van der Waals surface area contributed by atoms with Crippen molar-refractivity contribution in [2.24, 2.45) is 0 Å². The van der Waals surface area contributed by atoms with Crippen LogP contribution in [-0.2, 0) is 4.74 Å². The maximum absolute atomic E-state index is 13.1. The first-order chi connectivity index (χ1) is 9.89. The lowest BCUT2D eigenvalue weighted by molar-refractivity contribution is -0.0361. The zero-order chi connectivity index (χ0) is 15.5. The molecular weight excluding hydrogens is 300 g/mol. The van der Waals surface area contributed by atoms with Gasteiger partial charge >= 0.3 is 0 Å². The van der Waals surface area contributed by atoms with Gasteiger partial charge in [-0.15, -0.1) is 0 Å². The minimum Gasteiger partial charge on any atom is -0.492 e. The molecule has 1 saturated carbocycles. The summed E-state index contributed by atoms with van der Waals surface area (Å²) in [5, 5.41) is 3.31. The Balaban J connectivity index is 2.05. The van der Waals surface area contributed by atoms with E-state index in [9.17, 15) is 8.78 Å². The summed E-state index contributed by atoms with van der Waals surface area (Å²) in [6.07, 6.45) is 0.517. The first-order valence-electron chi connectivity index (χ1n) is 6.90. The first-order valence-corrected chi connectivity index (χ1v) is 7.28. The molecule has 0 saturated heterocycles. The van der Waals surface area contributed by atoms with Gasteiger partial charge in [-0.25, -0.2) is 18.7 Å². The molecular formula is C14H18ClF2N3O. The van der Waals surface area contributed by atoms with Crippen molar-refractivity contribution in [1.29, 1.82) is 0 Å². The van der Waals surface area contributed by atoms with Crippen LogP contribution in [0.2, 0.25) is 5.15 Å². The number of anilines is 1. The Morgan fingerprint density at radius 1 is 1.48 bits per heavy atom. The van der Waals surface area contributed by atoms with Gasteiger partial charge in [-0.3, -0.25) is 0 Å². The van der Waals surface area contributed by atoms with Crippen molar-refractivity contribution in [3.05, 3.63) is 23.5 Å². The SMILES string of the molecule is C=C(OCC)c1cc(Cl)nc(NC2CCC(F)(F)CC2)n1. The number of halogens is 3. The molecule has 21 heavy (non-hydrogen) atoms. The minimum atomic E-state index is -2.55. The van der Waals surface area contributed by atoms with Crippen LogP contribution in [-0.4, -0.2) is 28.5 Å². The third-order valence-electron chi connectivity index (χ3n) is 3.35. The van der Waals surface area contributed by atoms with Gasteiger partial charge < -0.3 is 10.1 Å². The highest BCUT2D eigenvalue weighted by molar-refractivity contribution is 6.29. The lowest BCUT2D eigenvalue weighted by Gasteiger charge is -2.28. The second kappa shape index (κ2) is 6.56. The standard InChI is InChI=1S/C14H18ClF2N3O/c1-3-21-9(2)11-8-12(15)20-13(19-11)18-10-4-6-14(16,17)7-5-10/h8,10H,2-7H2,1H3,(H,18,19,20). The van der Waals surface area contributed by atoms with Crippen LogP contribution in [0.4, 0.5) is 14.7 Å². The average Bonchev–Trinajstić information content (AvgIpc) is 2.41. The number of ether oxygens (including phenoxy) is 1. The largest absolute Gasteiger partial charge is 0.492 e. The zero-order valence-corrected chi connectivity index (χ0v) is 12.6. The molecule has 1 fully saturated rings. The summed E-state index contributed by atoms with van der Waals surface area (Å²) >= 11 is 5.95. The van der Waals surface area contributed by atoms with Gasteiger partial charge in [0.1, 0.15) is 16.6 Å². The molecule has 0 radical (unpaired) electrons. The van der Waals surface area contributed by atoms with Crippen LogP contribution >= 0.6 is 11.6 Å². The number of rotatable bonds is 5. The van der Waals surface area contributed by atoms with E-state index in [2.05, 4.69) is 21.9 Å². The first kappa shape index (κ1) is 15.9. The Morgan fingerprint density at radius 2 is 2.14 bits per heavy atom. The normalized spacial score (nSPS) is 18.3. The van der Waals surface area contributed by atoms with Gasteiger partial charge in [0, 0.05) is 24.9 Å². The third kappa shape index (κ3) is 4.52. The topological polar surface area (TPSA) is 47.0 Å². The third-order valence-corrected chi connectivity index (χ3v) is 3.54. The lowest BCUT2D eigenvalue weighted by Crippen LogP contribution is -2.32. The lowest BCUT2D eigenvalue weighted by atomic mass is 9.92. The molecule has 4 nitrogen and oxygen atoms in total. The molecule has 0 atom stereocenters. The molecule has 1 aromatic rings. The van der Waals surface area contributed by atoms with E-state index >= 15 is 0 Å². The summed E-state index contributed by atoms with van der Waals surface area (Å²) in [5.74, 6) is -1.84. The summed E-state index contributed by atoms with van der Waals surface area (Å²) in [6.45, 7) is 6.08. The van der Waals surface area contributed by atoms with Crippen LogP contribution in [0.3, 0.4) is 0 Å². The van der Waals surface area contributed by atoms with Crippen LogP contribution in [0, 0.1) is 0 Å². The summed E-state index contributed by atoms with van der Waals surface area (Å²) in [5.41, 5.74) is 0.487. The Kier molecular flexibility index (Phi) is 4.98. The van der Waals surface area contributed by atoms with Gasteiger partial charge in [0.25, 0.3) is 0 Å². The number of nitrogens with one attached hydrogen (secondary N) is 1. The Bertz CT molecular complexity index is 515. The highest BCUT2D eigenvalue weighted by Crippen LogP contribution is 2.34. The number of hydrogen-bond acceptors (Lipinski definition) is 4. The monoisotopic (exact) mass is 317 g/mol. The van der Waals surface area contributed by atoms with E-state index < -0.39 is 5.92 Å². The molecule has 0 unspecified atom stereocenters. The molecule has 1 aliphatic rings. The van der Waals surface area contributed by atoms with Crippen LogP contribution in [0.5, 0.6) is 0 Å². The van der Waals surface area contributed by atoms with E-state index in [0.717, 1.165) is 0 Å². The van der Waals surface area contributed by atoms with Crippen molar-refractivity contribution in [1.82, 2.24) is 9.97 Å². The van der Waals surface area contributed by atoms with Gasteiger partial charge in [0.05, 0.1) is 6.61 Å². The fourth-order valence-corrected chi connectivity index (χ4v) is 2.42. The van der Waals surface area contributed by atoms with Crippen LogP contribution in [0.25, 0.3) is 5.76 Å². The van der Waals surface area contributed by atoms with Crippen molar-refractivity contribution in [3.8, 4) is 0 Å². The Hall–Kier alpha value is -1.43. The molecule has 1 aliphatic carbocycles. The van der Waals surface area contributed by atoms with Crippen LogP contribution in [0.1, 0.15) is 38.3 Å². The second-order valence-electron chi connectivity index (χ2n) is 5.03. The molecule has 0 aromatic carbocycles. The molecule has 1 N–H and O–H groups in total. The van der Waals surface area contributed by atoms with E-state index in [1.165, 1.54) is 0 Å². The van der Waals surface area contributed by atoms with Crippen LogP contribution in [0.15, 0.2) is 12.6 Å². The quantitative estimate of drug-likeness (QED) is 0.655. The fraction of sp³-hybridized carbons (Fsp3) is 0.571. The van der Waals surface area contributed by atoms with Crippen molar-refractivity contribution < 1.29 is 13.5 Å². The van der Waals surface area contributed by atoms with E-state index in [-0.39, 0.29) is 24.0 Å². The molecule has 1 aromatic heterocycles. The summed E-state index contributed by atoms with van der Waals surface area (Å²) < 4.78 is 31.5. The van der Waals surface area contributed by atoms with E-state index in [4.69, 9.17) is 16.3 Å². The zero-order valence-electron chi connectivity index (χ0n) is 11.8. The summed E-state index contributed by atoms with van der Waals surface area (Å²) in [6, 6.07) is 1.48. The number of aromatic nitrogens is 2. The smallest absolute Gasteiger partial charge is 0.248 e. The molecule has 7 heteroatoms. The van der Waals surface area contributed by atoms with E-state index in [1.54, 1.807) is 6.07 Å². The highest BCUT2D eigenvalue weighted by atomic mass is 35.5. The van der Waals surface area contributed by atoms with Crippen LogP contribution < -0.4 is 5.32 Å². The molecule has 2 rings (SSSR count). The predicted octanol–water partition coefficient (Wildman–Crippen LogP) is 4.13. The van der Waals surface area contributed by atoms with E-state index in [1.807, 2.05) is 6.92 Å². The fourth-order valence-electron chi connectivity index (χ4n) is 2.24. The van der Waals surface area contributed by atoms with Gasteiger partial charge in [0.15, 0.2) is 0 Å². The highest BCUT2D eigenvalue weighted by Gasteiger charge is 2.35. The van der Waals surface area contributed by atoms with Gasteiger partial charge in [-0.2, -0.15) is 0 Å². The van der Waals surface area contributed by atoms with Crippen molar-refractivity contribution in [2.75, 3.05) is 11.9 Å². The maximum Gasteiger partial charge on any atom is 0.248 e. The van der Waals surface area contributed by atoms with Crippen molar-refractivity contribution in [3.63, 3.8) is 0 Å². The van der Waals surface area contributed by atoms with Gasteiger partial charge in [0.2, 0.25) is 11.9 Å². The second-order valence-corrected chi connectivity index (χ2v) is 5.42. The maximum atomic E-state index is 13.1. The molecule has 0 bridgehead atoms. The number of hydrogen-bond donors (Lipinski definition) is 1. The summed E-state index contributed by atoms with van der Waals surface area (Å²) in [4.78, 5) is 8.33. The van der Waals surface area contributed by atoms with Gasteiger partial charge in [-0.1, -0.05) is 18.2 Å². The minimum absolute atomic E-state index is 0.0729. The number of nitrogens with zero attached hydrogens (tertiary/aromatic N) is 2.